The molecule has 2 aromatic carbocycles. The minimum absolute atomic E-state index is 0.253. The van der Waals surface area contributed by atoms with Crippen LogP contribution in [0.5, 0.6) is 5.75 Å². The molecule has 0 fully saturated rings. The molecule has 1 amide bonds. The monoisotopic (exact) mass is 416 g/mol. The number of sulfonamides is 1. The molecule has 0 aliphatic heterocycles. The molecule has 6 nitrogen and oxygen atoms in total. The fourth-order valence-electron chi connectivity index (χ4n) is 2.02. The van der Waals surface area contributed by atoms with Gasteiger partial charge in [0.05, 0.1) is 27.7 Å². The Hall–Kier alpha value is -1.96. The quantitative estimate of drug-likeness (QED) is 0.776. The highest BCUT2D eigenvalue weighted by Gasteiger charge is 2.17. The Morgan fingerprint density at radius 1 is 1.15 bits per heavy atom. The van der Waals surface area contributed by atoms with Crippen LogP contribution < -0.4 is 14.4 Å². The highest BCUT2D eigenvalue weighted by atomic mass is 35.5. The van der Waals surface area contributed by atoms with Crippen LogP contribution in [0.3, 0.4) is 0 Å². The van der Waals surface area contributed by atoms with Crippen LogP contribution in [0.2, 0.25) is 10.0 Å². The van der Waals surface area contributed by atoms with Crippen LogP contribution in [0.25, 0.3) is 0 Å². The molecule has 0 spiro atoms. The van der Waals surface area contributed by atoms with E-state index >= 15 is 0 Å². The van der Waals surface area contributed by atoms with Crippen molar-refractivity contribution < 1.29 is 17.9 Å². The summed E-state index contributed by atoms with van der Waals surface area (Å²) in [5.74, 6) is 0.0296. The number of rotatable bonds is 6. The van der Waals surface area contributed by atoms with Crippen LogP contribution in [0.4, 0.5) is 11.4 Å². The first-order valence-corrected chi connectivity index (χ1v) is 10.2. The summed E-state index contributed by atoms with van der Waals surface area (Å²) in [7, 11) is -1.89. The SMILES string of the molecule is CC(Oc1ccc(N(C)S(C)(=O)=O)cc1)C(=O)Nc1cccc(Cl)c1Cl. The van der Waals surface area contributed by atoms with Crippen molar-refractivity contribution in [2.75, 3.05) is 22.9 Å². The topological polar surface area (TPSA) is 75.7 Å². The van der Waals surface area contributed by atoms with Crippen molar-refractivity contribution >= 4 is 50.5 Å². The molecule has 0 radical (unpaired) electrons. The number of carbonyl (C=O) groups is 1. The molecule has 0 saturated heterocycles. The summed E-state index contributed by atoms with van der Waals surface area (Å²) in [6.07, 6.45) is 0.314. The lowest BCUT2D eigenvalue weighted by Gasteiger charge is -2.18. The molecular formula is C17H18Cl2N2O4S. The van der Waals surface area contributed by atoms with Crippen molar-refractivity contribution in [2.45, 2.75) is 13.0 Å². The van der Waals surface area contributed by atoms with Crippen LogP contribution in [0, 0.1) is 0 Å². The molecule has 2 rings (SSSR count). The van der Waals surface area contributed by atoms with Gasteiger partial charge in [-0.3, -0.25) is 9.10 Å². The predicted octanol–water partition coefficient (Wildman–Crippen LogP) is 3.80. The highest BCUT2D eigenvalue weighted by molar-refractivity contribution is 7.92. The molecular weight excluding hydrogens is 399 g/mol. The number of benzene rings is 2. The zero-order valence-corrected chi connectivity index (χ0v) is 16.7. The van der Waals surface area contributed by atoms with E-state index in [2.05, 4.69) is 5.32 Å². The normalized spacial score (nSPS) is 12.3. The Morgan fingerprint density at radius 3 is 2.35 bits per heavy atom. The maximum atomic E-state index is 12.3. The number of halogens is 2. The number of nitrogens with zero attached hydrogens (tertiary/aromatic N) is 1. The largest absolute Gasteiger partial charge is 0.481 e. The van der Waals surface area contributed by atoms with Gasteiger partial charge in [0, 0.05) is 7.05 Å². The first-order valence-electron chi connectivity index (χ1n) is 7.55. The van der Waals surface area contributed by atoms with Crippen LogP contribution in [0.1, 0.15) is 6.92 Å². The zero-order valence-electron chi connectivity index (χ0n) is 14.4. The van der Waals surface area contributed by atoms with Crippen LogP contribution in [-0.4, -0.2) is 33.7 Å². The molecule has 1 N–H and O–H groups in total. The fourth-order valence-corrected chi connectivity index (χ4v) is 2.87. The van der Waals surface area contributed by atoms with Gasteiger partial charge < -0.3 is 10.1 Å². The van der Waals surface area contributed by atoms with Crippen LogP contribution in [-0.2, 0) is 14.8 Å². The third-order valence-electron chi connectivity index (χ3n) is 3.59. The second-order valence-corrected chi connectivity index (χ2v) is 8.37. The summed E-state index contributed by atoms with van der Waals surface area (Å²) in [4.78, 5) is 12.3. The number of anilines is 2. The fraction of sp³-hybridized carbons (Fsp3) is 0.235. The lowest BCUT2D eigenvalue weighted by Crippen LogP contribution is -2.30. The standard InChI is InChI=1S/C17H18Cl2N2O4S/c1-11(17(22)20-15-6-4-5-14(18)16(15)19)25-13-9-7-12(8-10-13)21(2)26(3,23)24/h4-11H,1-3H3,(H,20,22). The van der Waals surface area contributed by atoms with Crippen molar-refractivity contribution in [1.82, 2.24) is 0 Å². The third kappa shape index (κ3) is 5.03. The minimum atomic E-state index is -3.34. The number of nitrogens with one attached hydrogen (secondary N) is 1. The summed E-state index contributed by atoms with van der Waals surface area (Å²) in [5, 5.41) is 3.24. The van der Waals surface area contributed by atoms with Crippen LogP contribution >= 0.6 is 23.2 Å². The number of carbonyl (C=O) groups excluding carboxylic acids is 1. The van der Waals surface area contributed by atoms with Gasteiger partial charge in [0.25, 0.3) is 5.91 Å². The Balaban J connectivity index is 2.04. The number of hydrogen-bond donors (Lipinski definition) is 1. The van der Waals surface area contributed by atoms with Crippen molar-refractivity contribution in [3.8, 4) is 5.75 Å². The summed E-state index contributed by atoms with van der Waals surface area (Å²) in [5.41, 5.74) is 0.882. The van der Waals surface area contributed by atoms with Crippen LogP contribution in [0.15, 0.2) is 42.5 Å². The molecule has 0 heterocycles. The van der Waals surface area contributed by atoms with Gasteiger partial charge in [0.15, 0.2) is 6.10 Å². The minimum Gasteiger partial charge on any atom is -0.481 e. The first-order chi connectivity index (χ1) is 12.1. The van der Waals surface area contributed by atoms with Gasteiger partial charge in [-0.1, -0.05) is 29.3 Å². The average molecular weight is 417 g/mol. The molecule has 0 aromatic heterocycles. The summed E-state index contributed by atoms with van der Waals surface area (Å²) in [6.45, 7) is 1.59. The lowest BCUT2D eigenvalue weighted by molar-refractivity contribution is -0.122. The molecule has 0 bridgehead atoms. The maximum absolute atomic E-state index is 12.3. The number of hydrogen-bond acceptors (Lipinski definition) is 4. The third-order valence-corrected chi connectivity index (χ3v) is 5.61. The van der Waals surface area contributed by atoms with Crippen molar-refractivity contribution in [3.63, 3.8) is 0 Å². The summed E-state index contributed by atoms with van der Waals surface area (Å²) >= 11 is 12.0. The molecule has 1 atom stereocenters. The molecule has 0 aliphatic rings. The van der Waals surface area contributed by atoms with Crippen molar-refractivity contribution in [1.29, 1.82) is 0 Å². The molecule has 2 aromatic rings. The van der Waals surface area contributed by atoms with Crippen molar-refractivity contribution in [3.05, 3.63) is 52.5 Å². The maximum Gasteiger partial charge on any atom is 0.265 e. The Morgan fingerprint density at radius 2 is 1.77 bits per heavy atom. The number of amides is 1. The highest BCUT2D eigenvalue weighted by Crippen LogP contribution is 2.29. The van der Waals surface area contributed by atoms with Gasteiger partial charge in [0.2, 0.25) is 10.0 Å². The lowest BCUT2D eigenvalue weighted by atomic mass is 10.2. The van der Waals surface area contributed by atoms with Gasteiger partial charge in [-0.25, -0.2) is 8.42 Å². The van der Waals surface area contributed by atoms with E-state index in [1.165, 1.54) is 7.05 Å². The number of ether oxygens (including phenoxy) is 1. The Bertz CT molecular complexity index is 901. The van der Waals surface area contributed by atoms with E-state index in [0.717, 1.165) is 10.6 Å². The second kappa shape index (κ2) is 8.16. The predicted molar refractivity (Wildman–Crippen MR) is 105 cm³/mol. The molecule has 9 heteroatoms. The van der Waals surface area contributed by atoms with Gasteiger partial charge in [-0.2, -0.15) is 0 Å². The van der Waals surface area contributed by atoms with Gasteiger partial charge >= 0.3 is 0 Å². The summed E-state index contributed by atoms with van der Waals surface area (Å²) in [6, 6.07) is 11.3. The Kier molecular flexibility index (Phi) is 6.39. The molecule has 26 heavy (non-hydrogen) atoms. The summed E-state index contributed by atoms with van der Waals surface area (Å²) < 4.78 is 29.8. The van der Waals surface area contributed by atoms with E-state index in [-0.39, 0.29) is 5.02 Å². The van der Waals surface area contributed by atoms with E-state index in [0.29, 0.717) is 22.1 Å². The van der Waals surface area contributed by atoms with E-state index in [9.17, 15) is 13.2 Å². The molecule has 1 unspecified atom stereocenters. The smallest absolute Gasteiger partial charge is 0.265 e. The Labute approximate surface area is 162 Å². The zero-order chi connectivity index (χ0) is 19.5. The van der Waals surface area contributed by atoms with E-state index in [1.807, 2.05) is 0 Å². The van der Waals surface area contributed by atoms with E-state index < -0.39 is 22.0 Å². The second-order valence-electron chi connectivity index (χ2n) is 5.58. The van der Waals surface area contributed by atoms with Crippen molar-refractivity contribution in [2.24, 2.45) is 0 Å². The van der Waals surface area contributed by atoms with Gasteiger partial charge in [0.1, 0.15) is 5.75 Å². The first kappa shape index (κ1) is 20.4. The van der Waals surface area contributed by atoms with Gasteiger partial charge in [-0.15, -0.1) is 0 Å². The average Bonchev–Trinajstić information content (AvgIpc) is 2.58. The van der Waals surface area contributed by atoms with E-state index in [1.54, 1.807) is 49.4 Å². The van der Waals surface area contributed by atoms with E-state index in [4.69, 9.17) is 27.9 Å². The van der Waals surface area contributed by atoms with Gasteiger partial charge in [-0.05, 0) is 43.3 Å². The molecule has 0 saturated carbocycles. The molecule has 140 valence electrons. The molecule has 0 aliphatic carbocycles.